The van der Waals surface area contributed by atoms with Crippen LogP contribution in [0.1, 0.15) is 84.6 Å². The monoisotopic (exact) mass is 547 g/mol. The zero-order chi connectivity index (χ0) is 27.5. The number of aryl methyl sites for hydroxylation is 3. The number of fused-ring (bicyclic) bond motifs is 2. The molecule has 1 aliphatic rings. The van der Waals surface area contributed by atoms with Gasteiger partial charge in [0.2, 0.25) is 0 Å². The van der Waals surface area contributed by atoms with Gasteiger partial charge in [-0.2, -0.15) is 0 Å². The van der Waals surface area contributed by atoms with Gasteiger partial charge in [-0.3, -0.25) is 19.9 Å². The summed E-state index contributed by atoms with van der Waals surface area (Å²) in [6, 6.07) is 21.9. The van der Waals surface area contributed by atoms with E-state index in [1.807, 2.05) is 32.3 Å². The van der Waals surface area contributed by atoms with Gasteiger partial charge in [-0.05, 0) is 74.9 Å². The summed E-state index contributed by atoms with van der Waals surface area (Å²) in [5.74, 6) is 0.994. The first-order valence-corrected chi connectivity index (χ1v) is 14.3. The molecule has 1 aliphatic carbocycles. The number of para-hydroxylation sites is 2. The highest BCUT2D eigenvalue weighted by Crippen LogP contribution is 2.34. The predicted molar refractivity (Wildman–Crippen MR) is 165 cm³/mol. The minimum Gasteiger partial charge on any atom is -0.341 e. The second-order valence-electron chi connectivity index (χ2n) is 11.0. The van der Waals surface area contributed by atoms with Crippen molar-refractivity contribution in [1.82, 2.24) is 35.1 Å². The third-order valence-electron chi connectivity index (χ3n) is 7.93. The highest BCUT2D eigenvalue weighted by atomic mass is 15.2. The second kappa shape index (κ2) is 12.7. The number of aromatic amines is 1. The minimum atomic E-state index is 0. The largest absolute Gasteiger partial charge is 0.341 e. The lowest BCUT2D eigenvalue weighted by Crippen LogP contribution is -2.31. The molecule has 0 bridgehead atoms. The van der Waals surface area contributed by atoms with Crippen molar-refractivity contribution in [3.63, 3.8) is 0 Å². The van der Waals surface area contributed by atoms with Crippen molar-refractivity contribution in [2.24, 2.45) is 0 Å². The number of rotatable bonds is 9. The van der Waals surface area contributed by atoms with Gasteiger partial charge in [-0.1, -0.05) is 49.9 Å². The zero-order valence-corrected chi connectivity index (χ0v) is 23.6. The maximum Gasteiger partial charge on any atom is 0.121 e. The van der Waals surface area contributed by atoms with Crippen molar-refractivity contribution in [3.05, 3.63) is 118 Å². The van der Waals surface area contributed by atoms with Crippen LogP contribution < -0.4 is 5.32 Å². The smallest absolute Gasteiger partial charge is 0.121 e. The highest BCUT2D eigenvalue weighted by molar-refractivity contribution is 5.74. The number of hydrogen-bond donors (Lipinski definition) is 2. The average molecular weight is 548 g/mol. The molecule has 3 aromatic heterocycles. The summed E-state index contributed by atoms with van der Waals surface area (Å²) in [4.78, 5) is 25.0. The van der Waals surface area contributed by atoms with Gasteiger partial charge in [0, 0.05) is 31.5 Å². The lowest BCUT2D eigenvalue weighted by atomic mass is 9.90. The fourth-order valence-corrected chi connectivity index (χ4v) is 5.89. The molecule has 2 unspecified atom stereocenters. The summed E-state index contributed by atoms with van der Waals surface area (Å²) in [6.07, 6.45) is 7.15. The van der Waals surface area contributed by atoms with Crippen molar-refractivity contribution < 1.29 is 0 Å². The van der Waals surface area contributed by atoms with Crippen LogP contribution in [-0.2, 0) is 26.1 Å². The molecule has 2 aromatic carbocycles. The Labute approximate surface area is 243 Å². The standard InChI is InChI=1S/C33H37N7.CH4/c1-22-18-36-32(24(3)37-22)23(2)35-19-25-13-15-26(16-14-25)20-40(21-31-38-28-10-4-5-11-29(28)39-31)30-12-6-8-27-9-7-17-34-33(27)30;/h4-5,7,9-11,13-18,23,30,35H,6,8,12,19-21H2,1-3H3,(H,38,39);1H4. The van der Waals surface area contributed by atoms with Crippen LogP contribution in [0, 0.1) is 13.8 Å². The first-order chi connectivity index (χ1) is 19.5. The van der Waals surface area contributed by atoms with E-state index >= 15 is 0 Å². The van der Waals surface area contributed by atoms with Gasteiger partial charge in [0.1, 0.15) is 5.82 Å². The van der Waals surface area contributed by atoms with Crippen LogP contribution in [-0.4, -0.2) is 29.8 Å². The van der Waals surface area contributed by atoms with Crippen LogP contribution in [0.25, 0.3) is 11.0 Å². The molecular weight excluding hydrogens is 506 g/mol. The second-order valence-corrected chi connectivity index (χ2v) is 11.0. The Bertz CT molecular complexity index is 1560. The predicted octanol–water partition coefficient (Wildman–Crippen LogP) is 6.93. The number of imidazole rings is 1. The quantitative estimate of drug-likeness (QED) is 0.208. The number of pyridine rings is 1. The average Bonchev–Trinajstić information content (AvgIpc) is 3.38. The van der Waals surface area contributed by atoms with E-state index in [1.54, 1.807) is 0 Å². The molecule has 0 saturated heterocycles. The molecule has 0 spiro atoms. The molecule has 212 valence electrons. The number of hydrogen-bond acceptors (Lipinski definition) is 6. The van der Waals surface area contributed by atoms with Crippen LogP contribution in [0.3, 0.4) is 0 Å². The van der Waals surface area contributed by atoms with E-state index in [1.165, 1.54) is 28.8 Å². The molecule has 0 radical (unpaired) electrons. The molecular formula is C34H41N7. The lowest BCUT2D eigenvalue weighted by Gasteiger charge is -2.34. The van der Waals surface area contributed by atoms with Gasteiger partial charge in [0.05, 0.1) is 46.4 Å². The molecule has 41 heavy (non-hydrogen) atoms. The number of H-pyrrole nitrogens is 1. The van der Waals surface area contributed by atoms with Crippen LogP contribution in [0.5, 0.6) is 0 Å². The van der Waals surface area contributed by atoms with E-state index in [4.69, 9.17) is 9.97 Å². The Morgan fingerprint density at radius 3 is 2.56 bits per heavy atom. The summed E-state index contributed by atoms with van der Waals surface area (Å²) in [7, 11) is 0. The third kappa shape index (κ3) is 6.53. The summed E-state index contributed by atoms with van der Waals surface area (Å²) in [5.41, 5.74) is 10.2. The van der Waals surface area contributed by atoms with Crippen molar-refractivity contribution in [2.45, 2.75) is 79.2 Å². The Kier molecular flexibility index (Phi) is 8.86. The van der Waals surface area contributed by atoms with Gasteiger partial charge in [0.15, 0.2) is 0 Å². The zero-order valence-electron chi connectivity index (χ0n) is 23.6. The molecule has 0 amide bonds. The summed E-state index contributed by atoms with van der Waals surface area (Å²) < 4.78 is 0. The molecule has 6 rings (SSSR count). The van der Waals surface area contributed by atoms with Gasteiger partial charge in [-0.25, -0.2) is 4.98 Å². The molecule has 5 aromatic rings. The van der Waals surface area contributed by atoms with Crippen LogP contribution in [0.2, 0.25) is 0 Å². The molecule has 0 fully saturated rings. The number of nitrogens with zero attached hydrogens (tertiary/aromatic N) is 5. The van der Waals surface area contributed by atoms with E-state index in [2.05, 4.69) is 86.7 Å². The van der Waals surface area contributed by atoms with E-state index in [9.17, 15) is 0 Å². The van der Waals surface area contributed by atoms with E-state index in [0.29, 0.717) is 0 Å². The van der Waals surface area contributed by atoms with Gasteiger partial charge in [-0.15, -0.1) is 0 Å². The van der Waals surface area contributed by atoms with Crippen molar-refractivity contribution >= 4 is 11.0 Å². The number of aromatic nitrogens is 5. The minimum absolute atomic E-state index is 0. The maximum atomic E-state index is 4.90. The third-order valence-corrected chi connectivity index (χ3v) is 7.93. The molecule has 2 atom stereocenters. The Morgan fingerprint density at radius 1 is 0.951 bits per heavy atom. The van der Waals surface area contributed by atoms with Gasteiger partial charge < -0.3 is 10.3 Å². The topological polar surface area (TPSA) is 82.6 Å². The molecule has 3 heterocycles. The Morgan fingerprint density at radius 2 is 1.76 bits per heavy atom. The number of benzene rings is 2. The Hall–Kier alpha value is -3.94. The molecule has 0 saturated carbocycles. The van der Waals surface area contributed by atoms with Crippen molar-refractivity contribution in [1.29, 1.82) is 0 Å². The van der Waals surface area contributed by atoms with E-state index in [0.717, 1.165) is 66.4 Å². The fourth-order valence-electron chi connectivity index (χ4n) is 5.89. The first-order valence-electron chi connectivity index (χ1n) is 14.3. The van der Waals surface area contributed by atoms with E-state index < -0.39 is 0 Å². The number of nitrogens with one attached hydrogen (secondary N) is 2. The van der Waals surface area contributed by atoms with Gasteiger partial charge >= 0.3 is 0 Å². The molecule has 0 aliphatic heterocycles. The van der Waals surface area contributed by atoms with Crippen LogP contribution in [0.15, 0.2) is 73.1 Å². The molecule has 7 heteroatoms. The normalized spacial score (nSPS) is 15.5. The van der Waals surface area contributed by atoms with Crippen LogP contribution in [0.4, 0.5) is 0 Å². The van der Waals surface area contributed by atoms with E-state index in [-0.39, 0.29) is 19.5 Å². The SMILES string of the molecule is C.Cc1cnc(C(C)NCc2ccc(CN(Cc3nc4ccccc4[nH]3)C3CCCc4cccnc43)cc2)c(C)n1. The molecule has 2 N–H and O–H groups in total. The van der Waals surface area contributed by atoms with Gasteiger partial charge in [0.25, 0.3) is 0 Å². The fraction of sp³-hybridized carbons (Fsp3) is 0.353. The van der Waals surface area contributed by atoms with Crippen molar-refractivity contribution in [2.75, 3.05) is 0 Å². The molecule has 7 nitrogen and oxygen atoms in total. The first kappa shape index (κ1) is 28.6. The lowest BCUT2D eigenvalue weighted by molar-refractivity contribution is 0.153. The van der Waals surface area contributed by atoms with Crippen molar-refractivity contribution in [3.8, 4) is 0 Å². The Balaban J connectivity index is 0.00000337. The summed E-state index contributed by atoms with van der Waals surface area (Å²) in [5, 5.41) is 3.61. The summed E-state index contributed by atoms with van der Waals surface area (Å²) >= 11 is 0. The van der Waals surface area contributed by atoms with Crippen LogP contribution >= 0.6 is 0 Å². The summed E-state index contributed by atoms with van der Waals surface area (Å²) in [6.45, 7) is 8.50. The maximum absolute atomic E-state index is 4.90. The highest BCUT2D eigenvalue weighted by Gasteiger charge is 2.28.